The summed E-state index contributed by atoms with van der Waals surface area (Å²) in [5.74, 6) is -0.763. The SMILES string of the molecule is c1ccc2c(c1)CCc1ccccc1C21OCC(CN2CCOCC2)O1. The number of aryl methyl sites for hydroxylation is 2. The van der Waals surface area contributed by atoms with E-state index in [2.05, 4.69) is 53.4 Å². The van der Waals surface area contributed by atoms with Crippen LogP contribution in [0.3, 0.4) is 0 Å². The van der Waals surface area contributed by atoms with E-state index in [1.165, 1.54) is 22.3 Å². The van der Waals surface area contributed by atoms with E-state index in [1.54, 1.807) is 0 Å². The highest BCUT2D eigenvalue weighted by Gasteiger charge is 2.48. The van der Waals surface area contributed by atoms with Crippen LogP contribution in [0.15, 0.2) is 48.5 Å². The smallest absolute Gasteiger partial charge is 0.223 e. The molecule has 0 radical (unpaired) electrons. The maximum atomic E-state index is 6.72. The third-order valence-corrected chi connectivity index (χ3v) is 5.78. The molecular weight excluding hydrogens is 326 g/mol. The van der Waals surface area contributed by atoms with E-state index in [1.807, 2.05) is 0 Å². The molecule has 4 nitrogen and oxygen atoms in total. The Hall–Kier alpha value is -1.72. The molecule has 1 unspecified atom stereocenters. The molecule has 2 fully saturated rings. The standard InChI is InChI=1S/C22H25NO3/c1-3-7-20-17(5-1)9-10-18-6-2-4-8-21(18)22(20)25-16-19(26-22)15-23-11-13-24-14-12-23/h1-8,19H,9-16H2. The molecule has 2 aliphatic heterocycles. The summed E-state index contributed by atoms with van der Waals surface area (Å²) in [4.78, 5) is 2.42. The van der Waals surface area contributed by atoms with Gasteiger partial charge in [0, 0.05) is 30.8 Å². The predicted octanol–water partition coefficient (Wildman–Crippen LogP) is 2.73. The molecule has 2 aromatic rings. The highest BCUT2D eigenvalue weighted by atomic mass is 16.7. The van der Waals surface area contributed by atoms with Gasteiger partial charge in [-0.1, -0.05) is 48.5 Å². The van der Waals surface area contributed by atoms with Gasteiger partial charge in [-0.05, 0) is 24.0 Å². The Balaban J connectivity index is 1.51. The lowest BCUT2D eigenvalue weighted by molar-refractivity contribution is -0.146. The number of hydrogen-bond donors (Lipinski definition) is 0. The van der Waals surface area contributed by atoms with Gasteiger partial charge >= 0.3 is 0 Å². The van der Waals surface area contributed by atoms with Crippen LogP contribution in [0.4, 0.5) is 0 Å². The van der Waals surface area contributed by atoms with E-state index in [4.69, 9.17) is 14.2 Å². The first-order chi connectivity index (χ1) is 12.9. The lowest BCUT2D eigenvalue weighted by atomic mass is 9.93. The van der Waals surface area contributed by atoms with Crippen molar-refractivity contribution < 1.29 is 14.2 Å². The van der Waals surface area contributed by atoms with Gasteiger partial charge in [0.15, 0.2) is 0 Å². The van der Waals surface area contributed by atoms with Gasteiger partial charge in [0.2, 0.25) is 5.79 Å². The van der Waals surface area contributed by atoms with Gasteiger partial charge in [-0.15, -0.1) is 0 Å². The first-order valence-corrected chi connectivity index (χ1v) is 9.64. The minimum absolute atomic E-state index is 0.0762. The van der Waals surface area contributed by atoms with E-state index >= 15 is 0 Å². The summed E-state index contributed by atoms with van der Waals surface area (Å²) in [5.41, 5.74) is 5.01. The molecule has 2 saturated heterocycles. The second-order valence-electron chi connectivity index (χ2n) is 7.39. The zero-order chi connectivity index (χ0) is 17.4. The van der Waals surface area contributed by atoms with Crippen LogP contribution in [0.1, 0.15) is 22.3 Å². The number of rotatable bonds is 2. The van der Waals surface area contributed by atoms with Crippen LogP contribution in [0.25, 0.3) is 0 Å². The fourth-order valence-corrected chi connectivity index (χ4v) is 4.49. The molecule has 4 heteroatoms. The number of morpholine rings is 1. The van der Waals surface area contributed by atoms with Gasteiger partial charge in [-0.3, -0.25) is 4.90 Å². The van der Waals surface area contributed by atoms with E-state index in [0.717, 1.165) is 45.7 Å². The minimum atomic E-state index is -0.763. The molecular formula is C22H25NO3. The highest BCUT2D eigenvalue weighted by Crippen LogP contribution is 2.45. The van der Waals surface area contributed by atoms with E-state index in [0.29, 0.717) is 6.61 Å². The quantitative estimate of drug-likeness (QED) is 0.832. The topological polar surface area (TPSA) is 30.9 Å². The number of benzene rings is 2. The molecule has 5 rings (SSSR count). The summed E-state index contributed by atoms with van der Waals surface area (Å²) in [6, 6.07) is 17.2. The van der Waals surface area contributed by atoms with Gasteiger partial charge in [0.05, 0.1) is 25.9 Å². The van der Waals surface area contributed by atoms with Crippen molar-refractivity contribution in [2.75, 3.05) is 39.5 Å². The van der Waals surface area contributed by atoms with Crippen LogP contribution in [-0.4, -0.2) is 50.5 Å². The monoisotopic (exact) mass is 351 g/mol. The molecule has 1 aliphatic carbocycles. The second kappa shape index (κ2) is 6.78. The Morgan fingerprint density at radius 1 is 0.885 bits per heavy atom. The molecule has 0 N–H and O–H groups in total. The fourth-order valence-electron chi connectivity index (χ4n) is 4.49. The number of nitrogens with zero attached hydrogens (tertiary/aromatic N) is 1. The molecule has 3 aliphatic rings. The Kier molecular flexibility index (Phi) is 4.29. The maximum Gasteiger partial charge on any atom is 0.223 e. The molecule has 0 aromatic heterocycles. The van der Waals surface area contributed by atoms with Crippen molar-refractivity contribution in [2.45, 2.75) is 24.7 Å². The Bertz CT molecular complexity index is 737. The molecule has 0 amide bonds. The predicted molar refractivity (Wildman–Crippen MR) is 99.2 cm³/mol. The minimum Gasteiger partial charge on any atom is -0.379 e. The van der Waals surface area contributed by atoms with Crippen molar-refractivity contribution in [3.8, 4) is 0 Å². The van der Waals surface area contributed by atoms with Crippen LogP contribution in [0, 0.1) is 0 Å². The molecule has 26 heavy (non-hydrogen) atoms. The van der Waals surface area contributed by atoms with E-state index in [9.17, 15) is 0 Å². The van der Waals surface area contributed by atoms with Gasteiger partial charge in [0.25, 0.3) is 0 Å². The lowest BCUT2D eigenvalue weighted by Crippen LogP contribution is -2.42. The first kappa shape index (κ1) is 16.5. The third-order valence-electron chi connectivity index (χ3n) is 5.78. The normalized spacial score (nSPS) is 24.8. The Labute approximate surface area is 154 Å². The maximum absolute atomic E-state index is 6.72. The largest absolute Gasteiger partial charge is 0.379 e. The summed E-state index contributed by atoms with van der Waals surface area (Å²) >= 11 is 0. The summed E-state index contributed by atoms with van der Waals surface area (Å²) in [6.07, 6.45) is 2.12. The van der Waals surface area contributed by atoms with Crippen molar-refractivity contribution in [3.63, 3.8) is 0 Å². The number of hydrogen-bond acceptors (Lipinski definition) is 4. The second-order valence-corrected chi connectivity index (χ2v) is 7.39. The van der Waals surface area contributed by atoms with Crippen molar-refractivity contribution >= 4 is 0 Å². The van der Waals surface area contributed by atoms with Gasteiger partial charge in [-0.25, -0.2) is 0 Å². The van der Waals surface area contributed by atoms with Crippen molar-refractivity contribution in [1.29, 1.82) is 0 Å². The molecule has 2 heterocycles. The number of ether oxygens (including phenoxy) is 3. The van der Waals surface area contributed by atoms with Gasteiger partial charge in [-0.2, -0.15) is 0 Å². The Morgan fingerprint density at radius 3 is 2.15 bits per heavy atom. The van der Waals surface area contributed by atoms with E-state index in [-0.39, 0.29) is 6.10 Å². The van der Waals surface area contributed by atoms with Crippen molar-refractivity contribution in [3.05, 3.63) is 70.8 Å². The molecule has 1 spiro atoms. The van der Waals surface area contributed by atoms with Crippen molar-refractivity contribution in [1.82, 2.24) is 4.90 Å². The van der Waals surface area contributed by atoms with Crippen LogP contribution >= 0.6 is 0 Å². The van der Waals surface area contributed by atoms with Gasteiger partial charge in [0.1, 0.15) is 0 Å². The highest BCUT2D eigenvalue weighted by molar-refractivity contribution is 5.46. The summed E-state index contributed by atoms with van der Waals surface area (Å²) in [7, 11) is 0. The lowest BCUT2D eigenvalue weighted by Gasteiger charge is -2.32. The average Bonchev–Trinajstić information content (AvgIpc) is 3.06. The van der Waals surface area contributed by atoms with Crippen LogP contribution < -0.4 is 0 Å². The van der Waals surface area contributed by atoms with Crippen LogP contribution in [-0.2, 0) is 32.8 Å². The molecule has 0 saturated carbocycles. The molecule has 136 valence electrons. The Morgan fingerprint density at radius 2 is 1.50 bits per heavy atom. The number of fused-ring (bicyclic) bond motifs is 4. The van der Waals surface area contributed by atoms with Crippen molar-refractivity contribution in [2.24, 2.45) is 0 Å². The first-order valence-electron chi connectivity index (χ1n) is 9.64. The fraction of sp³-hybridized carbons (Fsp3) is 0.455. The zero-order valence-electron chi connectivity index (χ0n) is 15.0. The van der Waals surface area contributed by atoms with E-state index < -0.39 is 5.79 Å². The molecule has 1 atom stereocenters. The van der Waals surface area contributed by atoms with Gasteiger partial charge < -0.3 is 14.2 Å². The zero-order valence-corrected chi connectivity index (χ0v) is 15.0. The molecule has 0 bridgehead atoms. The average molecular weight is 351 g/mol. The van der Waals surface area contributed by atoms with Crippen LogP contribution in [0.2, 0.25) is 0 Å². The summed E-state index contributed by atoms with van der Waals surface area (Å²) in [5, 5.41) is 0. The summed E-state index contributed by atoms with van der Waals surface area (Å²) in [6.45, 7) is 5.09. The third kappa shape index (κ3) is 2.78. The van der Waals surface area contributed by atoms with Crippen LogP contribution in [0.5, 0.6) is 0 Å². The molecule has 2 aromatic carbocycles. The summed E-state index contributed by atoms with van der Waals surface area (Å²) < 4.78 is 18.7.